The molecular weight excluding hydrogens is 1570 g/mol. The summed E-state index contributed by atoms with van der Waals surface area (Å²) >= 11 is 0. The summed E-state index contributed by atoms with van der Waals surface area (Å²) < 4.78 is 0. The number of amides is 14. The van der Waals surface area contributed by atoms with Crippen LogP contribution in [0.5, 0.6) is 11.5 Å². The fourth-order valence-electron chi connectivity index (χ4n) is 14.3. The van der Waals surface area contributed by atoms with Gasteiger partial charge in [0.1, 0.15) is 71.9 Å². The first-order valence-electron chi connectivity index (χ1n) is 40.8. The van der Waals surface area contributed by atoms with Gasteiger partial charge in [-0.2, -0.15) is 0 Å². The monoisotopic (exact) mass is 1690 g/mol. The number of aromatic hydroxyl groups is 2. The van der Waals surface area contributed by atoms with E-state index in [-0.39, 0.29) is 138 Å². The lowest BCUT2D eigenvalue weighted by molar-refractivity contribution is -0.146. The van der Waals surface area contributed by atoms with Gasteiger partial charge in [0.25, 0.3) is 0 Å². The molecule has 16 atom stereocenters. The molecule has 121 heavy (non-hydrogen) atoms. The number of nitrogens with zero attached hydrogens (tertiary/aromatic N) is 1. The summed E-state index contributed by atoms with van der Waals surface area (Å²) in [5.41, 5.74) is 27.3. The molecule has 0 spiro atoms. The molecule has 41 nitrogen and oxygen atoms in total. The van der Waals surface area contributed by atoms with Gasteiger partial charge in [-0.05, 0) is 122 Å². The molecule has 31 N–H and O–H groups in total. The molecule has 3 aromatic rings. The van der Waals surface area contributed by atoms with Crippen molar-refractivity contribution in [3.8, 4) is 11.5 Å². The Labute approximate surface area is 704 Å². The Hall–Kier alpha value is -12.4. The van der Waals surface area contributed by atoms with Crippen LogP contribution in [0.25, 0.3) is 0 Å². The molecule has 1 heterocycles. The number of primary amides is 2. The molecule has 0 radical (unpaired) electrons. The Morgan fingerprint density at radius 2 is 0.826 bits per heavy atom. The van der Waals surface area contributed by atoms with Crippen LogP contribution in [-0.2, 0) is 86.4 Å². The molecule has 1 aromatic heterocycles. The van der Waals surface area contributed by atoms with Crippen LogP contribution in [0.3, 0.4) is 0 Å². The van der Waals surface area contributed by atoms with Crippen molar-refractivity contribution in [3.63, 3.8) is 0 Å². The number of nitrogens with one attached hydrogen (secondary N) is 19. The fraction of sp³-hybridized carbons (Fsp3) is 0.600. The summed E-state index contributed by atoms with van der Waals surface area (Å²) in [6, 6.07) is -3.19. The lowest BCUT2D eigenvalue weighted by atomic mass is 9.58. The Morgan fingerprint density at radius 3 is 1.22 bits per heavy atom. The number of H-pyrrole nitrogens is 1. The fourth-order valence-corrected chi connectivity index (χ4v) is 14.3. The van der Waals surface area contributed by atoms with Crippen molar-refractivity contribution in [1.82, 2.24) is 89.7 Å². The molecule has 2 aliphatic rings. The number of imidazole rings is 1. The van der Waals surface area contributed by atoms with E-state index < -0.39 is 196 Å². The normalized spacial score (nSPS) is 18.4. The van der Waals surface area contributed by atoms with Gasteiger partial charge in [-0.15, -0.1) is 0 Å². The number of rotatable bonds is 50. The number of hydrogen-bond donors (Lipinski definition) is 26. The van der Waals surface area contributed by atoms with E-state index in [2.05, 4.69) is 89.7 Å². The van der Waals surface area contributed by atoms with Crippen molar-refractivity contribution < 1.29 is 77.3 Å². The standard InChI is InChI=1S/C80H127N25O16/c1-12-41(5)62(104-73(119)56(33-45-22-26-48(108)27-23-45)99-70(116)57(34-46-38-89-39-93-46)100-67(113)51(94-43(7)106)17-14-28-90-76(83)84)74(120)101-58(37-61(81)109)71(117)98-55(31-40(3)4)72(118)105-63(42(6)13-2)75(121)103-60-36-50(80(60,10)11)66(112)96-53(19-16-30-92-78(87)88)69(115)102-59-35-49(79(59,8)9)65(111)95-52(18-15-29-91-77(85)86)68(114)97-54(64(82)110)32-44-20-24-47(107)25-21-44/h20-27,38-42,49-60,62-63,107-108H,12-19,28-37H2,1-11H3,(H2,81,109)(H2,82,110)(H,89,93)(H,94,106)(H,95,111)(H,96,112)(H,97,114)(H,98,117)(H,99,116)(H,100,113)(H,101,120)(H,102,115)(H,103,121)(H,104,119)(H,105,118)(H4,83,84,90)(H4,85,86,91)(H4,87,88,92)/t41-,42-,49-,50-,51-,52-,53-,54-,55-,56-,57-,58-,59-,60-,62-,63-/m0/s1. The van der Waals surface area contributed by atoms with Crippen LogP contribution in [0.15, 0.2) is 61.1 Å². The van der Waals surface area contributed by atoms with Crippen molar-refractivity contribution in [2.45, 2.75) is 245 Å². The first-order valence-corrected chi connectivity index (χ1v) is 40.8. The highest BCUT2D eigenvalue weighted by molar-refractivity contribution is 6.00. The second-order valence-electron chi connectivity index (χ2n) is 32.9. The van der Waals surface area contributed by atoms with Crippen LogP contribution in [-0.4, -0.2) is 213 Å². The van der Waals surface area contributed by atoms with Gasteiger partial charge in [0.15, 0.2) is 17.9 Å². The second-order valence-corrected chi connectivity index (χ2v) is 32.9. The maximum Gasteiger partial charge on any atom is 0.243 e. The van der Waals surface area contributed by atoms with E-state index in [1.807, 2.05) is 0 Å². The van der Waals surface area contributed by atoms with E-state index in [1.54, 1.807) is 81.4 Å². The third-order valence-corrected chi connectivity index (χ3v) is 22.3. The number of phenols is 2. The number of carbonyl (C=O) groups is 14. The van der Waals surface area contributed by atoms with Crippen molar-refractivity contribution in [2.24, 2.45) is 69.1 Å². The number of benzene rings is 2. The third kappa shape index (κ3) is 31.4. The summed E-state index contributed by atoms with van der Waals surface area (Å²) in [5, 5.41) is 83.6. The van der Waals surface area contributed by atoms with Gasteiger partial charge in [0.05, 0.1) is 18.4 Å². The van der Waals surface area contributed by atoms with E-state index >= 15 is 0 Å². The number of phenolic OH excluding ortho intramolecular Hbond substituents is 2. The van der Waals surface area contributed by atoms with Gasteiger partial charge in [-0.3, -0.25) is 83.4 Å². The predicted molar refractivity (Wildman–Crippen MR) is 447 cm³/mol. The molecule has 14 amide bonds. The van der Waals surface area contributed by atoms with Crippen LogP contribution in [0.4, 0.5) is 0 Å². The number of nitrogens with two attached hydrogens (primary N) is 5. The highest BCUT2D eigenvalue weighted by Crippen LogP contribution is 2.48. The van der Waals surface area contributed by atoms with Gasteiger partial charge in [-0.1, -0.05) is 106 Å². The highest BCUT2D eigenvalue weighted by atomic mass is 16.3. The minimum absolute atomic E-state index is 0.0105. The molecule has 0 saturated heterocycles. The minimum Gasteiger partial charge on any atom is -0.508 e. The lowest BCUT2D eigenvalue weighted by Gasteiger charge is -2.52. The first-order chi connectivity index (χ1) is 56.8. The van der Waals surface area contributed by atoms with Crippen LogP contribution in [0, 0.1) is 56.6 Å². The largest absolute Gasteiger partial charge is 0.508 e. The summed E-state index contributed by atoms with van der Waals surface area (Å²) in [4.78, 5) is 204. The van der Waals surface area contributed by atoms with Gasteiger partial charge in [-0.25, -0.2) is 4.98 Å². The molecule has 0 aliphatic heterocycles. The molecule has 2 saturated carbocycles. The lowest BCUT2D eigenvalue weighted by Crippen LogP contribution is -2.67. The van der Waals surface area contributed by atoms with E-state index in [0.29, 0.717) is 23.2 Å². The molecular formula is C80H127N25O16. The Bertz CT molecular complexity index is 4110. The molecule has 0 unspecified atom stereocenters. The number of hydrogen-bond acceptors (Lipinski definition) is 20. The smallest absolute Gasteiger partial charge is 0.243 e. The van der Waals surface area contributed by atoms with Gasteiger partial charge in [0, 0.05) is 75.9 Å². The maximum absolute atomic E-state index is 14.8. The zero-order valence-corrected chi connectivity index (χ0v) is 70.8. The summed E-state index contributed by atoms with van der Waals surface area (Å²) in [5.74, 6) is -15.0. The number of carbonyl (C=O) groups excluding carboxylic acids is 14. The highest BCUT2D eigenvalue weighted by Gasteiger charge is 2.55. The maximum atomic E-state index is 14.8. The first kappa shape index (κ1) is 99.2. The van der Waals surface area contributed by atoms with Gasteiger partial charge < -0.3 is 124 Å². The Balaban J connectivity index is 1.29. The van der Waals surface area contributed by atoms with E-state index in [9.17, 15) is 77.3 Å². The van der Waals surface area contributed by atoms with E-state index in [4.69, 9.17) is 44.9 Å². The number of guanidine groups is 3. The second kappa shape index (κ2) is 46.9. The van der Waals surface area contributed by atoms with Crippen LogP contribution >= 0.6 is 0 Å². The number of aromatic amines is 1. The molecule has 668 valence electrons. The molecule has 2 aliphatic carbocycles. The number of aromatic nitrogens is 2. The van der Waals surface area contributed by atoms with Gasteiger partial charge in [0.2, 0.25) is 82.7 Å². The van der Waals surface area contributed by atoms with Gasteiger partial charge >= 0.3 is 0 Å². The van der Waals surface area contributed by atoms with Crippen molar-refractivity contribution in [1.29, 1.82) is 16.2 Å². The Morgan fingerprint density at radius 1 is 0.463 bits per heavy atom. The van der Waals surface area contributed by atoms with Crippen molar-refractivity contribution in [3.05, 3.63) is 77.9 Å². The van der Waals surface area contributed by atoms with Crippen LogP contribution in [0.1, 0.15) is 170 Å². The quantitative estimate of drug-likeness (QED) is 0.0153. The summed E-state index contributed by atoms with van der Waals surface area (Å²) in [6.07, 6.45) is 3.27. The average Bonchev–Trinajstić information content (AvgIpc) is 0.873. The zero-order valence-electron chi connectivity index (χ0n) is 70.8. The van der Waals surface area contributed by atoms with Crippen LogP contribution in [0.2, 0.25) is 0 Å². The molecule has 5 rings (SSSR count). The van der Waals surface area contributed by atoms with Crippen LogP contribution < -0.4 is 108 Å². The average molecular weight is 1700 g/mol. The van der Waals surface area contributed by atoms with Crippen molar-refractivity contribution >= 4 is 101 Å². The van der Waals surface area contributed by atoms with E-state index in [0.717, 1.165) is 0 Å². The third-order valence-electron chi connectivity index (χ3n) is 22.3. The SMILES string of the molecule is CC[C@H](C)[C@H](NC(=O)[C@H](Cc1ccc(O)cc1)NC(=O)[C@H](Cc1c[nH]cn1)NC(=O)[C@H](CCCNC(=N)N)NC(C)=O)C(=O)N[C@@H](CC(N)=O)C(=O)N[C@@H](CC(C)C)C(=O)N[C@H](C(=O)N[C@H]1C[C@@H](C(=O)N[C@@H](CCCNC(=N)N)C(=O)N[C@H]2C[C@@H](C(=O)N[C@@H](CCCNC(=N)N)C(=O)N[C@@H](Cc3ccc(O)cc3)C(N)=O)C2(C)C)C1(C)C)[C@@H](C)CC. The molecule has 2 aromatic carbocycles. The summed E-state index contributed by atoms with van der Waals surface area (Å²) in [6.45, 7) is 19.2. The Kier molecular flexibility index (Phi) is 38.4. The molecule has 41 heteroatoms. The zero-order chi connectivity index (χ0) is 90.3. The predicted octanol–water partition coefficient (Wildman–Crippen LogP) is -2.93. The topological polar surface area (TPSA) is 690 Å². The molecule has 2 fully saturated rings. The summed E-state index contributed by atoms with van der Waals surface area (Å²) in [7, 11) is 0. The van der Waals surface area contributed by atoms with E-state index in [1.165, 1.54) is 55.8 Å². The minimum atomic E-state index is -1.76. The van der Waals surface area contributed by atoms with Crippen molar-refractivity contribution in [2.75, 3.05) is 19.6 Å². The molecule has 0 bridgehead atoms.